The molecule has 100 valence electrons. The van der Waals surface area contributed by atoms with E-state index in [4.69, 9.17) is 0 Å². The molecule has 0 radical (unpaired) electrons. The highest BCUT2D eigenvalue weighted by atomic mass is 35.5. The normalized spacial score (nSPS) is 28.4. The molecule has 3 nitrogen and oxygen atoms in total. The molecule has 0 aromatic heterocycles. The predicted molar refractivity (Wildman–Crippen MR) is 75.9 cm³/mol. The van der Waals surface area contributed by atoms with Crippen LogP contribution in [0.25, 0.3) is 0 Å². The van der Waals surface area contributed by atoms with Crippen LogP contribution in [0.2, 0.25) is 0 Å². The third-order valence-electron chi connectivity index (χ3n) is 3.79. The number of carbonyl (C=O) groups excluding carboxylic acids is 1. The van der Waals surface area contributed by atoms with Gasteiger partial charge in [0.2, 0.25) is 5.91 Å². The Hall–Kier alpha value is 0.0700. The van der Waals surface area contributed by atoms with Crippen molar-refractivity contribution in [3.05, 3.63) is 0 Å². The van der Waals surface area contributed by atoms with Gasteiger partial charge < -0.3 is 10.2 Å². The molecule has 1 saturated carbocycles. The molecule has 2 fully saturated rings. The van der Waals surface area contributed by atoms with Crippen LogP contribution in [-0.4, -0.2) is 48.0 Å². The maximum Gasteiger partial charge on any atom is 0.228 e. The first-order valence-corrected chi connectivity index (χ1v) is 7.36. The summed E-state index contributed by atoms with van der Waals surface area (Å²) < 4.78 is 0. The molecule has 2 atom stereocenters. The molecule has 2 unspecified atom stereocenters. The summed E-state index contributed by atoms with van der Waals surface area (Å²) in [6, 6.07) is 0.497. The monoisotopic (exact) mass is 278 g/mol. The van der Waals surface area contributed by atoms with E-state index in [0.29, 0.717) is 11.9 Å². The van der Waals surface area contributed by atoms with Crippen molar-refractivity contribution in [1.29, 1.82) is 0 Å². The average Bonchev–Trinajstić information content (AvgIpc) is 2.63. The molecule has 1 aliphatic heterocycles. The van der Waals surface area contributed by atoms with Gasteiger partial charge in [-0.2, -0.15) is 11.8 Å². The number of hydrogen-bond donors (Lipinski definition) is 1. The van der Waals surface area contributed by atoms with Crippen LogP contribution in [0.1, 0.15) is 26.2 Å². The van der Waals surface area contributed by atoms with Gasteiger partial charge in [0.1, 0.15) is 0 Å². The maximum atomic E-state index is 12.1. The Balaban J connectivity index is 0.00000144. The maximum absolute atomic E-state index is 12.1. The van der Waals surface area contributed by atoms with Gasteiger partial charge in [0.05, 0.1) is 5.92 Å². The van der Waals surface area contributed by atoms with Crippen molar-refractivity contribution in [1.82, 2.24) is 10.2 Å². The fourth-order valence-electron chi connectivity index (χ4n) is 2.59. The fraction of sp³-hybridized carbons (Fsp3) is 0.917. The molecule has 17 heavy (non-hydrogen) atoms. The summed E-state index contributed by atoms with van der Waals surface area (Å²) in [5.41, 5.74) is 0. The van der Waals surface area contributed by atoms with Crippen molar-refractivity contribution in [2.24, 2.45) is 5.92 Å². The Kier molecular flexibility index (Phi) is 6.10. The quantitative estimate of drug-likeness (QED) is 0.851. The van der Waals surface area contributed by atoms with Gasteiger partial charge in [0, 0.05) is 31.4 Å². The van der Waals surface area contributed by atoms with E-state index in [2.05, 4.69) is 12.2 Å². The second kappa shape index (κ2) is 6.86. The van der Waals surface area contributed by atoms with Gasteiger partial charge in [-0.3, -0.25) is 4.79 Å². The lowest BCUT2D eigenvalue weighted by Gasteiger charge is -2.33. The highest BCUT2D eigenvalue weighted by molar-refractivity contribution is 7.99. The second-order valence-corrected chi connectivity index (χ2v) is 6.43. The third-order valence-corrected chi connectivity index (χ3v) is 5.02. The van der Waals surface area contributed by atoms with Gasteiger partial charge in [-0.1, -0.05) is 6.92 Å². The fourth-order valence-corrected chi connectivity index (χ4v) is 3.72. The average molecular weight is 279 g/mol. The van der Waals surface area contributed by atoms with Crippen LogP contribution in [0.5, 0.6) is 0 Å². The van der Waals surface area contributed by atoms with E-state index in [1.807, 2.05) is 23.7 Å². The summed E-state index contributed by atoms with van der Waals surface area (Å²) in [4.78, 5) is 14.1. The van der Waals surface area contributed by atoms with E-state index in [-0.39, 0.29) is 18.3 Å². The molecular weight excluding hydrogens is 256 g/mol. The standard InChI is InChI=1S/C12H22N2OS.ClH/c1-3-16-11-5-4-10(6-11)14(2)12(15)9-7-13-8-9;/h9-11,13H,3-8H2,1-2H3;1H. The summed E-state index contributed by atoms with van der Waals surface area (Å²) in [5, 5.41) is 3.95. The lowest BCUT2D eigenvalue weighted by atomic mass is 10.0. The number of thioether (sulfide) groups is 1. The minimum absolute atomic E-state index is 0. The summed E-state index contributed by atoms with van der Waals surface area (Å²) in [5.74, 6) is 1.80. The summed E-state index contributed by atoms with van der Waals surface area (Å²) >= 11 is 2.05. The van der Waals surface area contributed by atoms with E-state index >= 15 is 0 Å². The van der Waals surface area contributed by atoms with Crippen molar-refractivity contribution >= 4 is 30.1 Å². The second-order valence-electron chi connectivity index (χ2n) is 4.85. The first kappa shape index (κ1) is 15.1. The molecule has 2 aliphatic rings. The third kappa shape index (κ3) is 3.52. The van der Waals surface area contributed by atoms with E-state index in [0.717, 1.165) is 18.3 Å². The zero-order chi connectivity index (χ0) is 11.5. The molecule has 0 aromatic rings. The summed E-state index contributed by atoms with van der Waals surface area (Å²) in [6.45, 7) is 3.97. The van der Waals surface area contributed by atoms with E-state index in [9.17, 15) is 4.79 Å². The van der Waals surface area contributed by atoms with Gasteiger partial charge in [-0.25, -0.2) is 0 Å². The van der Waals surface area contributed by atoms with Gasteiger partial charge in [-0.15, -0.1) is 12.4 Å². The molecule has 1 N–H and O–H groups in total. The number of rotatable bonds is 4. The number of amides is 1. The van der Waals surface area contributed by atoms with Crippen molar-refractivity contribution in [3.8, 4) is 0 Å². The zero-order valence-corrected chi connectivity index (χ0v) is 12.3. The lowest BCUT2D eigenvalue weighted by Crippen LogP contribution is -2.52. The summed E-state index contributed by atoms with van der Waals surface area (Å²) in [7, 11) is 1.99. The Labute approximate surface area is 114 Å². The largest absolute Gasteiger partial charge is 0.342 e. The molecule has 1 amide bonds. The van der Waals surface area contributed by atoms with Crippen molar-refractivity contribution < 1.29 is 4.79 Å². The van der Waals surface area contributed by atoms with Crippen LogP contribution in [0.4, 0.5) is 0 Å². The number of halogens is 1. The van der Waals surface area contributed by atoms with Crippen LogP contribution in [0.15, 0.2) is 0 Å². The highest BCUT2D eigenvalue weighted by Crippen LogP contribution is 2.32. The number of nitrogens with zero attached hydrogens (tertiary/aromatic N) is 1. The molecule has 1 aliphatic carbocycles. The minimum Gasteiger partial charge on any atom is -0.342 e. The molecule has 1 saturated heterocycles. The van der Waals surface area contributed by atoms with E-state index in [1.54, 1.807) is 0 Å². The van der Waals surface area contributed by atoms with E-state index in [1.165, 1.54) is 25.0 Å². The Morgan fingerprint density at radius 2 is 2.12 bits per heavy atom. The highest BCUT2D eigenvalue weighted by Gasteiger charge is 2.34. The van der Waals surface area contributed by atoms with Crippen LogP contribution in [-0.2, 0) is 4.79 Å². The molecule has 0 spiro atoms. The van der Waals surface area contributed by atoms with Gasteiger partial charge >= 0.3 is 0 Å². The van der Waals surface area contributed by atoms with Gasteiger partial charge in [-0.05, 0) is 25.0 Å². The van der Waals surface area contributed by atoms with Crippen molar-refractivity contribution in [3.63, 3.8) is 0 Å². The van der Waals surface area contributed by atoms with Crippen LogP contribution in [0.3, 0.4) is 0 Å². The zero-order valence-electron chi connectivity index (χ0n) is 10.6. The lowest BCUT2D eigenvalue weighted by molar-refractivity contribution is -0.137. The number of hydrogen-bond acceptors (Lipinski definition) is 3. The first-order valence-electron chi connectivity index (χ1n) is 6.31. The molecule has 0 bridgehead atoms. The number of carbonyl (C=O) groups is 1. The molecular formula is C12H23ClN2OS. The number of nitrogens with one attached hydrogen (secondary N) is 1. The van der Waals surface area contributed by atoms with Gasteiger partial charge in [0.25, 0.3) is 0 Å². The smallest absolute Gasteiger partial charge is 0.228 e. The SMILES string of the molecule is CCSC1CCC(N(C)C(=O)C2CNC2)C1.Cl. The van der Waals surface area contributed by atoms with Crippen LogP contribution >= 0.6 is 24.2 Å². The molecule has 0 aromatic carbocycles. The summed E-state index contributed by atoms with van der Waals surface area (Å²) in [6.07, 6.45) is 3.67. The predicted octanol–water partition coefficient (Wildman–Crippen LogP) is 1.76. The topological polar surface area (TPSA) is 32.3 Å². The Morgan fingerprint density at radius 3 is 2.65 bits per heavy atom. The first-order chi connectivity index (χ1) is 7.72. The molecule has 5 heteroatoms. The van der Waals surface area contributed by atoms with Crippen LogP contribution < -0.4 is 5.32 Å². The van der Waals surface area contributed by atoms with Crippen molar-refractivity contribution in [2.45, 2.75) is 37.5 Å². The van der Waals surface area contributed by atoms with E-state index < -0.39 is 0 Å². The molecule has 1 heterocycles. The Bertz CT molecular complexity index is 261. The Morgan fingerprint density at radius 1 is 1.41 bits per heavy atom. The van der Waals surface area contributed by atoms with Crippen LogP contribution in [0, 0.1) is 5.92 Å². The minimum atomic E-state index is 0. The van der Waals surface area contributed by atoms with Crippen molar-refractivity contribution in [2.75, 3.05) is 25.9 Å². The van der Waals surface area contributed by atoms with Gasteiger partial charge in [0.15, 0.2) is 0 Å². The molecule has 2 rings (SSSR count).